The lowest BCUT2D eigenvalue weighted by atomic mass is 9.93. The van der Waals surface area contributed by atoms with E-state index in [0.29, 0.717) is 13.1 Å². The molecule has 5 heteroatoms. The lowest BCUT2D eigenvalue weighted by Crippen LogP contribution is -2.65. The van der Waals surface area contributed by atoms with Crippen molar-refractivity contribution in [3.05, 3.63) is 12.2 Å². The molecule has 0 radical (unpaired) electrons. The molecular formula is C14H21N3O2. The summed E-state index contributed by atoms with van der Waals surface area (Å²) < 4.78 is 0. The maximum Gasteiger partial charge on any atom is 0.312 e. The van der Waals surface area contributed by atoms with Gasteiger partial charge in [-0.25, -0.2) is 0 Å². The van der Waals surface area contributed by atoms with Gasteiger partial charge in [0.15, 0.2) is 0 Å². The first-order valence-corrected chi connectivity index (χ1v) is 7.20. The number of nitrogens with zero attached hydrogens (tertiary/aromatic N) is 2. The van der Waals surface area contributed by atoms with Gasteiger partial charge in [-0.15, -0.1) is 0 Å². The Morgan fingerprint density at radius 3 is 2.95 bits per heavy atom. The van der Waals surface area contributed by atoms with E-state index in [1.165, 1.54) is 19.3 Å². The summed E-state index contributed by atoms with van der Waals surface area (Å²) in [6, 6.07) is 0.165. The van der Waals surface area contributed by atoms with Crippen LogP contribution in [0.3, 0.4) is 0 Å². The summed E-state index contributed by atoms with van der Waals surface area (Å²) in [5.74, 6) is -0.0379. The predicted octanol–water partition coefficient (Wildman–Crippen LogP) is -0.0147. The summed E-state index contributed by atoms with van der Waals surface area (Å²) in [6.07, 6.45) is 8.21. The molecule has 5 nitrogen and oxygen atoms in total. The zero-order valence-electron chi connectivity index (χ0n) is 11.2. The standard InChI is InChI=1S/C14H21N3O2/c18-13-14(19)17-7-6-16(10-12(17)8-15-13)9-11-4-2-1-3-5-11/h1-2,11-12H,3-10H2,(H,15,18)/t11-,12+/m0/s1. The first kappa shape index (κ1) is 12.7. The fraction of sp³-hybridized carbons (Fsp3) is 0.714. The lowest BCUT2D eigenvalue weighted by Gasteiger charge is -2.44. The number of carbonyl (C=O) groups is 2. The molecule has 104 valence electrons. The van der Waals surface area contributed by atoms with Gasteiger partial charge in [0.25, 0.3) is 0 Å². The molecule has 3 rings (SSSR count). The van der Waals surface area contributed by atoms with E-state index < -0.39 is 5.91 Å². The van der Waals surface area contributed by atoms with E-state index in [2.05, 4.69) is 22.4 Å². The minimum atomic E-state index is -0.442. The number of hydrogen-bond donors (Lipinski definition) is 1. The molecule has 1 N–H and O–H groups in total. The molecule has 3 aliphatic rings. The molecule has 0 bridgehead atoms. The normalized spacial score (nSPS) is 32.1. The summed E-state index contributed by atoms with van der Waals surface area (Å²) in [4.78, 5) is 27.3. The maximum absolute atomic E-state index is 11.7. The topological polar surface area (TPSA) is 52.7 Å². The summed E-state index contributed by atoms with van der Waals surface area (Å²) in [6.45, 7) is 4.21. The Kier molecular flexibility index (Phi) is 3.55. The first-order chi connectivity index (χ1) is 9.24. The molecule has 0 spiro atoms. The quantitative estimate of drug-likeness (QED) is 0.563. The van der Waals surface area contributed by atoms with E-state index >= 15 is 0 Å². The van der Waals surface area contributed by atoms with Gasteiger partial charge in [-0.2, -0.15) is 0 Å². The summed E-state index contributed by atoms with van der Waals surface area (Å²) in [5, 5.41) is 2.69. The molecule has 0 unspecified atom stereocenters. The van der Waals surface area contributed by atoms with E-state index in [9.17, 15) is 9.59 Å². The zero-order chi connectivity index (χ0) is 13.2. The van der Waals surface area contributed by atoms with Crippen molar-refractivity contribution in [3.8, 4) is 0 Å². The third-order valence-electron chi connectivity index (χ3n) is 4.41. The van der Waals surface area contributed by atoms with Gasteiger partial charge in [0.05, 0.1) is 6.04 Å². The number of rotatable bonds is 2. The van der Waals surface area contributed by atoms with Crippen molar-refractivity contribution in [2.24, 2.45) is 5.92 Å². The van der Waals surface area contributed by atoms with E-state index in [1.807, 2.05) is 0 Å². The molecule has 2 fully saturated rings. The number of piperazine rings is 2. The number of allylic oxidation sites excluding steroid dienone is 2. The van der Waals surface area contributed by atoms with Gasteiger partial charge in [0.2, 0.25) is 0 Å². The highest BCUT2D eigenvalue weighted by molar-refractivity contribution is 6.35. The second-order valence-electron chi connectivity index (χ2n) is 5.77. The SMILES string of the molecule is O=C1NC[C@@H]2CN(C[C@H]3CC=CCC3)CCN2C1=O. The van der Waals surface area contributed by atoms with Crippen LogP contribution in [-0.2, 0) is 9.59 Å². The molecule has 0 aromatic rings. The molecule has 2 atom stereocenters. The van der Waals surface area contributed by atoms with Gasteiger partial charge in [-0.3, -0.25) is 14.5 Å². The Labute approximate surface area is 113 Å². The van der Waals surface area contributed by atoms with Crippen molar-refractivity contribution in [2.75, 3.05) is 32.7 Å². The molecule has 19 heavy (non-hydrogen) atoms. The zero-order valence-corrected chi connectivity index (χ0v) is 11.2. The molecule has 2 aliphatic heterocycles. The van der Waals surface area contributed by atoms with Crippen molar-refractivity contribution < 1.29 is 9.59 Å². The Bertz CT molecular complexity index is 407. The van der Waals surface area contributed by atoms with Crippen molar-refractivity contribution in [1.29, 1.82) is 0 Å². The van der Waals surface area contributed by atoms with Crippen LogP contribution >= 0.6 is 0 Å². The van der Waals surface area contributed by atoms with E-state index in [1.54, 1.807) is 4.90 Å². The highest BCUT2D eigenvalue weighted by atomic mass is 16.2. The molecule has 0 saturated carbocycles. The molecule has 2 saturated heterocycles. The largest absolute Gasteiger partial charge is 0.346 e. The second kappa shape index (κ2) is 5.33. The monoisotopic (exact) mass is 263 g/mol. The van der Waals surface area contributed by atoms with Gasteiger partial charge in [-0.05, 0) is 25.2 Å². The molecule has 2 heterocycles. The Hall–Kier alpha value is -1.36. The van der Waals surface area contributed by atoms with Gasteiger partial charge < -0.3 is 10.2 Å². The summed E-state index contributed by atoms with van der Waals surface area (Å²) in [7, 11) is 0. The van der Waals surface area contributed by atoms with Crippen LogP contribution in [0, 0.1) is 5.92 Å². The number of carbonyl (C=O) groups excluding carboxylic acids is 2. The molecular weight excluding hydrogens is 242 g/mol. The van der Waals surface area contributed by atoms with Crippen LogP contribution in [-0.4, -0.2) is 60.4 Å². The third-order valence-corrected chi connectivity index (χ3v) is 4.41. The molecule has 1 aliphatic carbocycles. The number of fused-ring (bicyclic) bond motifs is 1. The van der Waals surface area contributed by atoms with Crippen LogP contribution in [0.4, 0.5) is 0 Å². The van der Waals surface area contributed by atoms with Gasteiger partial charge in [-0.1, -0.05) is 12.2 Å². The number of amides is 2. The highest BCUT2D eigenvalue weighted by Crippen LogP contribution is 2.21. The van der Waals surface area contributed by atoms with Crippen molar-refractivity contribution in [3.63, 3.8) is 0 Å². The van der Waals surface area contributed by atoms with Crippen LogP contribution in [0.25, 0.3) is 0 Å². The van der Waals surface area contributed by atoms with Crippen molar-refractivity contribution in [2.45, 2.75) is 25.3 Å². The van der Waals surface area contributed by atoms with E-state index in [-0.39, 0.29) is 11.9 Å². The van der Waals surface area contributed by atoms with Crippen LogP contribution in [0.15, 0.2) is 12.2 Å². The molecule has 0 aromatic carbocycles. The summed E-state index contributed by atoms with van der Waals surface area (Å²) in [5.41, 5.74) is 0. The number of nitrogens with one attached hydrogen (secondary N) is 1. The summed E-state index contributed by atoms with van der Waals surface area (Å²) >= 11 is 0. The highest BCUT2D eigenvalue weighted by Gasteiger charge is 2.37. The Morgan fingerprint density at radius 2 is 2.16 bits per heavy atom. The fourth-order valence-electron chi connectivity index (χ4n) is 3.33. The van der Waals surface area contributed by atoms with E-state index in [4.69, 9.17) is 0 Å². The minimum absolute atomic E-state index is 0.165. The maximum atomic E-state index is 11.7. The minimum Gasteiger partial charge on any atom is -0.346 e. The van der Waals surface area contributed by atoms with Crippen LogP contribution in [0.1, 0.15) is 19.3 Å². The van der Waals surface area contributed by atoms with Crippen molar-refractivity contribution in [1.82, 2.24) is 15.1 Å². The lowest BCUT2D eigenvalue weighted by molar-refractivity contribution is -0.152. The van der Waals surface area contributed by atoms with Gasteiger partial charge in [0, 0.05) is 32.7 Å². The van der Waals surface area contributed by atoms with Crippen LogP contribution < -0.4 is 5.32 Å². The van der Waals surface area contributed by atoms with Crippen LogP contribution in [0.2, 0.25) is 0 Å². The number of hydrogen-bond acceptors (Lipinski definition) is 3. The van der Waals surface area contributed by atoms with Gasteiger partial charge >= 0.3 is 11.8 Å². The molecule has 0 aromatic heterocycles. The average Bonchev–Trinajstić information content (AvgIpc) is 2.44. The smallest absolute Gasteiger partial charge is 0.312 e. The molecule has 2 amide bonds. The van der Waals surface area contributed by atoms with Gasteiger partial charge in [0.1, 0.15) is 0 Å². The second-order valence-corrected chi connectivity index (χ2v) is 5.77. The van der Waals surface area contributed by atoms with E-state index in [0.717, 1.165) is 25.6 Å². The Balaban J connectivity index is 1.56. The first-order valence-electron chi connectivity index (χ1n) is 7.20. The van der Waals surface area contributed by atoms with Crippen LogP contribution in [0.5, 0.6) is 0 Å². The third kappa shape index (κ3) is 2.66. The average molecular weight is 263 g/mol. The fourth-order valence-corrected chi connectivity index (χ4v) is 3.33. The Morgan fingerprint density at radius 1 is 1.26 bits per heavy atom. The predicted molar refractivity (Wildman–Crippen MR) is 71.4 cm³/mol. The van der Waals surface area contributed by atoms with Crippen molar-refractivity contribution >= 4 is 11.8 Å².